The maximum absolute atomic E-state index is 15.5. The van der Waals surface area contributed by atoms with Crippen LogP contribution in [0.25, 0.3) is 0 Å². The van der Waals surface area contributed by atoms with E-state index in [1.807, 2.05) is 11.9 Å². The number of rotatable bonds is 12. The Bertz CT molecular complexity index is 841. The quantitative estimate of drug-likeness (QED) is 0.198. The summed E-state index contributed by atoms with van der Waals surface area (Å²) in [5.41, 5.74) is 0.0219. The molecule has 190 valence electrons. The number of anilines is 1. The molecular weight excluding hydrogens is 463 g/mol. The number of halogens is 2. The van der Waals surface area contributed by atoms with Gasteiger partial charge in [0.1, 0.15) is 5.69 Å². The summed E-state index contributed by atoms with van der Waals surface area (Å²) < 4.78 is 15.5. The van der Waals surface area contributed by atoms with E-state index >= 15 is 4.39 Å². The Morgan fingerprint density at radius 3 is 2.74 bits per heavy atom. The van der Waals surface area contributed by atoms with E-state index in [4.69, 9.17) is 11.6 Å². The van der Waals surface area contributed by atoms with Crippen LogP contribution in [-0.4, -0.2) is 76.7 Å². The first-order valence-electron chi connectivity index (χ1n) is 12.2. The van der Waals surface area contributed by atoms with Gasteiger partial charge in [0.2, 0.25) is 17.6 Å². The highest BCUT2D eigenvalue weighted by Crippen LogP contribution is 2.31. The van der Waals surface area contributed by atoms with Crippen molar-refractivity contribution in [3.05, 3.63) is 16.8 Å². The molecule has 0 bridgehead atoms. The van der Waals surface area contributed by atoms with Crippen LogP contribution in [0.4, 0.5) is 10.2 Å². The van der Waals surface area contributed by atoms with E-state index in [9.17, 15) is 14.8 Å². The first-order chi connectivity index (χ1) is 16.3. The van der Waals surface area contributed by atoms with E-state index < -0.39 is 11.7 Å². The number of carbonyl (C=O) groups excluding carboxylic acids is 2. The van der Waals surface area contributed by atoms with Crippen LogP contribution in [0.1, 0.15) is 57.6 Å². The summed E-state index contributed by atoms with van der Waals surface area (Å²) in [7, 11) is 2.03. The molecule has 2 atom stereocenters. The third kappa shape index (κ3) is 6.99. The van der Waals surface area contributed by atoms with E-state index in [1.165, 1.54) is 0 Å². The maximum atomic E-state index is 15.5. The summed E-state index contributed by atoms with van der Waals surface area (Å²) in [6.45, 7) is 4.19. The van der Waals surface area contributed by atoms with Crippen molar-refractivity contribution in [3.8, 4) is 0 Å². The zero-order valence-corrected chi connectivity index (χ0v) is 20.8. The molecule has 1 aromatic rings. The average molecular weight is 499 g/mol. The lowest BCUT2D eigenvalue weighted by molar-refractivity contribution is -0.155. The minimum atomic E-state index is -0.592. The molecule has 3 rings (SSSR count). The standard InChI is InChI=1S/C23H36ClFN6O3/c1-3-29(2)14-18-9-6-10-31(18)21-20(25)19(27-23(24)28-21)12-26-22(33)17(13-30(34)15-32)11-16-7-4-5-8-16/h15-18,34H,3-14H2,1-2H3,(H,26,33)/t17-,18+/m1/s1. The highest BCUT2D eigenvalue weighted by Gasteiger charge is 2.31. The monoisotopic (exact) mass is 498 g/mol. The normalized spacial score (nSPS) is 19.6. The molecule has 0 spiro atoms. The Morgan fingerprint density at radius 1 is 1.32 bits per heavy atom. The molecule has 9 nitrogen and oxygen atoms in total. The van der Waals surface area contributed by atoms with Gasteiger partial charge in [-0.15, -0.1) is 0 Å². The summed E-state index contributed by atoms with van der Waals surface area (Å²) >= 11 is 6.14. The minimum Gasteiger partial charge on any atom is -0.350 e. The van der Waals surface area contributed by atoms with Gasteiger partial charge in [-0.3, -0.25) is 14.8 Å². The number of hydrogen-bond acceptors (Lipinski definition) is 7. The van der Waals surface area contributed by atoms with E-state index in [-0.39, 0.29) is 48.2 Å². The zero-order chi connectivity index (χ0) is 24.7. The topological polar surface area (TPSA) is 102 Å². The number of hydroxylamine groups is 2. The summed E-state index contributed by atoms with van der Waals surface area (Å²) in [5.74, 6) is -0.986. The Balaban J connectivity index is 1.71. The Kier molecular flexibility index (Phi) is 9.85. The van der Waals surface area contributed by atoms with Crippen LogP contribution in [-0.2, 0) is 16.1 Å². The van der Waals surface area contributed by atoms with Crippen molar-refractivity contribution in [2.75, 3.05) is 38.1 Å². The van der Waals surface area contributed by atoms with Gasteiger partial charge in [0.05, 0.1) is 19.0 Å². The van der Waals surface area contributed by atoms with E-state index in [1.54, 1.807) is 0 Å². The van der Waals surface area contributed by atoms with Crippen molar-refractivity contribution in [3.63, 3.8) is 0 Å². The Hall–Kier alpha value is -2.04. The fourth-order valence-electron chi connectivity index (χ4n) is 5.05. The second kappa shape index (κ2) is 12.6. The maximum Gasteiger partial charge on any atom is 0.233 e. The van der Waals surface area contributed by atoms with Crippen LogP contribution in [0, 0.1) is 17.7 Å². The van der Waals surface area contributed by atoms with Crippen LogP contribution in [0.15, 0.2) is 0 Å². The molecule has 1 aromatic heterocycles. The van der Waals surface area contributed by atoms with E-state index in [2.05, 4.69) is 27.1 Å². The molecule has 0 unspecified atom stereocenters. The molecule has 1 saturated carbocycles. The van der Waals surface area contributed by atoms with Gasteiger partial charge in [0, 0.05) is 19.1 Å². The van der Waals surface area contributed by atoms with Crippen LogP contribution >= 0.6 is 11.6 Å². The molecule has 11 heteroatoms. The van der Waals surface area contributed by atoms with Crippen LogP contribution < -0.4 is 10.2 Å². The first kappa shape index (κ1) is 26.6. The predicted molar refractivity (Wildman–Crippen MR) is 127 cm³/mol. The number of aromatic nitrogens is 2. The number of carbonyl (C=O) groups is 2. The lowest BCUT2D eigenvalue weighted by atomic mass is 9.92. The molecule has 1 saturated heterocycles. The van der Waals surface area contributed by atoms with Gasteiger partial charge < -0.3 is 15.1 Å². The highest BCUT2D eigenvalue weighted by molar-refractivity contribution is 6.28. The van der Waals surface area contributed by atoms with Crippen LogP contribution in [0.2, 0.25) is 5.28 Å². The molecule has 2 amide bonds. The fraction of sp³-hybridized carbons (Fsp3) is 0.739. The van der Waals surface area contributed by atoms with Crippen LogP contribution in [0.3, 0.4) is 0 Å². The molecule has 2 heterocycles. The second-order valence-electron chi connectivity index (χ2n) is 9.45. The number of nitrogens with one attached hydrogen (secondary N) is 1. The third-order valence-electron chi connectivity index (χ3n) is 7.01. The molecule has 34 heavy (non-hydrogen) atoms. The van der Waals surface area contributed by atoms with E-state index in [0.717, 1.165) is 51.6 Å². The molecular formula is C23H36ClFN6O3. The second-order valence-corrected chi connectivity index (χ2v) is 9.79. The first-order valence-corrected chi connectivity index (χ1v) is 12.6. The molecule has 2 fully saturated rings. The van der Waals surface area contributed by atoms with Gasteiger partial charge in [0.15, 0.2) is 11.6 Å². The zero-order valence-electron chi connectivity index (χ0n) is 20.1. The minimum absolute atomic E-state index is 0.0219. The molecule has 2 N–H and O–H groups in total. The molecule has 0 radical (unpaired) electrons. The van der Waals surface area contributed by atoms with Crippen LogP contribution in [0.5, 0.6) is 0 Å². The summed E-state index contributed by atoms with van der Waals surface area (Å²) in [4.78, 5) is 36.1. The van der Waals surface area contributed by atoms with Crippen molar-refractivity contribution in [1.82, 2.24) is 25.2 Å². The summed E-state index contributed by atoms with van der Waals surface area (Å²) in [6, 6.07) is 0.127. The SMILES string of the molecule is CCN(C)C[C@@H]1CCCN1c1nc(Cl)nc(CNC(=O)[C@H](CC2CCCC2)CN(O)C=O)c1F. The van der Waals surface area contributed by atoms with Crippen molar-refractivity contribution in [2.24, 2.45) is 11.8 Å². The predicted octanol–water partition coefficient (Wildman–Crippen LogP) is 2.85. The van der Waals surface area contributed by atoms with E-state index in [0.29, 0.717) is 23.9 Å². The van der Waals surface area contributed by atoms with Gasteiger partial charge in [-0.25, -0.2) is 14.4 Å². The van der Waals surface area contributed by atoms with Crippen molar-refractivity contribution in [2.45, 2.75) is 64.5 Å². The Morgan fingerprint density at radius 2 is 2.06 bits per heavy atom. The third-order valence-corrected chi connectivity index (χ3v) is 7.18. The number of nitrogens with zero attached hydrogens (tertiary/aromatic N) is 5. The highest BCUT2D eigenvalue weighted by atomic mass is 35.5. The average Bonchev–Trinajstić information content (AvgIpc) is 3.50. The van der Waals surface area contributed by atoms with Gasteiger partial charge >= 0.3 is 0 Å². The summed E-state index contributed by atoms with van der Waals surface area (Å²) in [5, 5.41) is 12.8. The lowest BCUT2D eigenvalue weighted by Crippen LogP contribution is -2.40. The molecule has 0 aromatic carbocycles. The fourth-order valence-corrected chi connectivity index (χ4v) is 5.23. The van der Waals surface area contributed by atoms with Gasteiger partial charge in [-0.2, -0.15) is 4.98 Å². The van der Waals surface area contributed by atoms with Crippen molar-refractivity contribution >= 4 is 29.7 Å². The van der Waals surface area contributed by atoms with Gasteiger partial charge in [-0.05, 0) is 50.4 Å². The lowest BCUT2D eigenvalue weighted by Gasteiger charge is -2.29. The largest absolute Gasteiger partial charge is 0.350 e. The Labute approximate surface area is 205 Å². The number of hydrogen-bond donors (Lipinski definition) is 2. The smallest absolute Gasteiger partial charge is 0.233 e. The molecule has 1 aliphatic carbocycles. The van der Waals surface area contributed by atoms with Crippen molar-refractivity contribution in [1.29, 1.82) is 0 Å². The van der Waals surface area contributed by atoms with Gasteiger partial charge in [-0.1, -0.05) is 32.6 Å². The molecule has 1 aliphatic heterocycles. The van der Waals surface area contributed by atoms with Crippen molar-refractivity contribution < 1.29 is 19.2 Å². The van der Waals surface area contributed by atoms with Gasteiger partial charge in [0.25, 0.3) is 0 Å². The number of amides is 2. The summed E-state index contributed by atoms with van der Waals surface area (Å²) in [6.07, 6.45) is 7.02. The number of likely N-dealkylation sites (N-methyl/N-ethyl adjacent to an activating group) is 1. The molecule has 2 aliphatic rings.